The molecule has 0 aliphatic heterocycles. The first-order valence-corrected chi connectivity index (χ1v) is 4.64. The fourth-order valence-corrected chi connectivity index (χ4v) is 1.30. The highest BCUT2D eigenvalue weighted by atomic mass is 35.5. The van der Waals surface area contributed by atoms with Crippen LogP contribution in [0.3, 0.4) is 0 Å². The Balaban J connectivity index is 2.95. The van der Waals surface area contributed by atoms with Gasteiger partial charge in [-0.1, -0.05) is 17.7 Å². The van der Waals surface area contributed by atoms with Gasteiger partial charge in [-0.3, -0.25) is 0 Å². The first-order chi connectivity index (χ1) is 6.69. The Kier molecular flexibility index (Phi) is 3.75. The molecule has 0 aromatic heterocycles. The second-order valence-electron chi connectivity index (χ2n) is 2.73. The van der Waals surface area contributed by atoms with Gasteiger partial charge in [0.1, 0.15) is 11.8 Å². The lowest BCUT2D eigenvalue weighted by Gasteiger charge is -2.08. The van der Waals surface area contributed by atoms with Crippen LogP contribution in [-0.2, 0) is 0 Å². The van der Waals surface area contributed by atoms with Crippen LogP contribution in [0.4, 0.5) is 0 Å². The van der Waals surface area contributed by atoms with Gasteiger partial charge in [0.05, 0.1) is 17.7 Å². The molecule has 3 nitrogen and oxygen atoms in total. The van der Waals surface area contributed by atoms with Gasteiger partial charge >= 0.3 is 0 Å². The minimum absolute atomic E-state index is 0.482. The molecule has 0 radical (unpaired) electrons. The third-order valence-electron chi connectivity index (χ3n) is 1.75. The normalized spacial score (nSPS) is 11.9. The smallest absolute Gasteiger partial charge is 0.137 e. The van der Waals surface area contributed by atoms with Crippen LogP contribution in [0.1, 0.15) is 18.5 Å². The van der Waals surface area contributed by atoms with Crippen molar-refractivity contribution in [3.8, 4) is 11.8 Å². The Morgan fingerprint density at radius 1 is 1.64 bits per heavy atom. The summed E-state index contributed by atoms with van der Waals surface area (Å²) in [7, 11) is 0. The number of nitrogens with two attached hydrogens (primary N) is 1. The van der Waals surface area contributed by atoms with Crippen LogP contribution in [-0.4, -0.2) is 6.61 Å². The minimum Gasteiger partial charge on any atom is -0.492 e. The van der Waals surface area contributed by atoms with E-state index >= 15 is 0 Å². The molecule has 1 atom stereocenters. The zero-order valence-corrected chi connectivity index (χ0v) is 8.58. The summed E-state index contributed by atoms with van der Waals surface area (Å²) in [6, 6.07) is 6.42. The van der Waals surface area contributed by atoms with E-state index in [1.807, 2.05) is 13.0 Å². The van der Waals surface area contributed by atoms with E-state index in [1.54, 1.807) is 18.2 Å². The number of benzene rings is 1. The van der Waals surface area contributed by atoms with Crippen molar-refractivity contribution in [3.63, 3.8) is 0 Å². The lowest BCUT2D eigenvalue weighted by atomic mass is 10.1. The predicted octanol–water partition coefficient (Wildman–Crippen LogP) is 2.26. The van der Waals surface area contributed by atoms with Crippen LogP contribution in [0.2, 0.25) is 5.02 Å². The molecule has 0 aliphatic rings. The highest BCUT2D eigenvalue weighted by molar-refractivity contribution is 6.32. The number of nitrogens with zero attached hydrogens (tertiary/aromatic N) is 1. The van der Waals surface area contributed by atoms with Crippen molar-refractivity contribution in [2.24, 2.45) is 5.73 Å². The Bertz CT molecular complexity index is 360. The average Bonchev–Trinajstić information content (AvgIpc) is 2.20. The first kappa shape index (κ1) is 10.8. The average molecular weight is 211 g/mol. The molecule has 1 rings (SSSR count). The maximum Gasteiger partial charge on any atom is 0.137 e. The van der Waals surface area contributed by atoms with Crippen molar-refractivity contribution >= 4 is 11.6 Å². The molecule has 0 saturated carbocycles. The first-order valence-electron chi connectivity index (χ1n) is 4.26. The third-order valence-corrected chi connectivity index (χ3v) is 2.05. The van der Waals surface area contributed by atoms with E-state index in [4.69, 9.17) is 27.3 Å². The fourth-order valence-electron chi connectivity index (χ4n) is 1.06. The summed E-state index contributed by atoms with van der Waals surface area (Å²) in [6.07, 6.45) is 0. The van der Waals surface area contributed by atoms with E-state index in [9.17, 15) is 0 Å². The molecule has 0 saturated heterocycles. The molecule has 1 aromatic carbocycles. The fraction of sp³-hybridized carbons (Fsp3) is 0.300. The van der Waals surface area contributed by atoms with Crippen molar-refractivity contribution in [1.29, 1.82) is 5.26 Å². The van der Waals surface area contributed by atoms with Crippen LogP contribution in [0.15, 0.2) is 18.2 Å². The van der Waals surface area contributed by atoms with Gasteiger partial charge in [0.2, 0.25) is 0 Å². The van der Waals surface area contributed by atoms with Crippen molar-refractivity contribution < 1.29 is 4.74 Å². The predicted molar refractivity (Wildman–Crippen MR) is 55.2 cm³/mol. The van der Waals surface area contributed by atoms with Crippen molar-refractivity contribution in [1.82, 2.24) is 0 Å². The van der Waals surface area contributed by atoms with Crippen LogP contribution in [0.5, 0.6) is 5.75 Å². The minimum atomic E-state index is -0.636. The summed E-state index contributed by atoms with van der Waals surface area (Å²) in [5.41, 5.74) is 6.22. The number of rotatable bonds is 3. The maximum atomic E-state index is 8.60. The molecule has 1 aromatic rings. The molecule has 1 unspecified atom stereocenters. The third kappa shape index (κ3) is 2.38. The largest absolute Gasteiger partial charge is 0.492 e. The Morgan fingerprint density at radius 3 is 2.86 bits per heavy atom. The molecule has 0 amide bonds. The van der Waals surface area contributed by atoms with Crippen LogP contribution in [0, 0.1) is 11.3 Å². The van der Waals surface area contributed by atoms with Gasteiger partial charge in [-0.15, -0.1) is 0 Å². The van der Waals surface area contributed by atoms with Crippen molar-refractivity contribution in [3.05, 3.63) is 28.8 Å². The number of halogens is 1. The van der Waals surface area contributed by atoms with Crippen molar-refractivity contribution in [2.75, 3.05) is 6.61 Å². The molecule has 2 N–H and O–H groups in total. The molecule has 0 aliphatic carbocycles. The van der Waals surface area contributed by atoms with Crippen LogP contribution >= 0.6 is 11.6 Å². The molecule has 0 spiro atoms. The summed E-state index contributed by atoms with van der Waals surface area (Å²) >= 11 is 5.92. The van der Waals surface area contributed by atoms with Gasteiger partial charge < -0.3 is 10.5 Å². The Morgan fingerprint density at radius 2 is 2.36 bits per heavy atom. The number of ether oxygens (including phenoxy) is 1. The Labute approximate surface area is 88.0 Å². The Hall–Kier alpha value is -1.24. The number of hydrogen-bond donors (Lipinski definition) is 1. The van der Waals surface area contributed by atoms with Gasteiger partial charge in [-0.25, -0.2) is 0 Å². The summed E-state index contributed by atoms with van der Waals surface area (Å²) < 4.78 is 5.25. The van der Waals surface area contributed by atoms with Gasteiger partial charge in [0.25, 0.3) is 0 Å². The number of nitriles is 1. The molecule has 0 fully saturated rings. The lowest BCUT2D eigenvalue weighted by molar-refractivity contribution is 0.340. The van der Waals surface area contributed by atoms with E-state index in [-0.39, 0.29) is 0 Å². The van der Waals surface area contributed by atoms with Gasteiger partial charge in [-0.05, 0) is 24.6 Å². The monoisotopic (exact) mass is 210 g/mol. The topological polar surface area (TPSA) is 59.0 Å². The van der Waals surface area contributed by atoms with E-state index in [1.165, 1.54) is 0 Å². The van der Waals surface area contributed by atoms with Gasteiger partial charge in [0.15, 0.2) is 0 Å². The standard InChI is InChI=1S/C10H11ClN2O/c1-2-14-10-4-3-7(5-8(10)11)9(13)6-12/h3-5,9H,2,13H2,1H3. The van der Waals surface area contributed by atoms with Gasteiger partial charge in [-0.2, -0.15) is 5.26 Å². The van der Waals surface area contributed by atoms with Crippen molar-refractivity contribution in [2.45, 2.75) is 13.0 Å². The van der Waals surface area contributed by atoms with E-state index in [2.05, 4.69) is 0 Å². The summed E-state index contributed by atoms with van der Waals surface area (Å²) in [4.78, 5) is 0. The zero-order valence-electron chi connectivity index (χ0n) is 7.83. The van der Waals surface area contributed by atoms with Crippen LogP contribution in [0.25, 0.3) is 0 Å². The summed E-state index contributed by atoms with van der Waals surface area (Å²) in [5.74, 6) is 0.614. The molecular weight excluding hydrogens is 200 g/mol. The van der Waals surface area contributed by atoms with E-state index < -0.39 is 6.04 Å². The highest BCUT2D eigenvalue weighted by Crippen LogP contribution is 2.27. The lowest BCUT2D eigenvalue weighted by Crippen LogP contribution is -2.07. The molecule has 0 bridgehead atoms. The second-order valence-corrected chi connectivity index (χ2v) is 3.14. The second kappa shape index (κ2) is 4.85. The quantitative estimate of drug-likeness (QED) is 0.833. The molecule has 14 heavy (non-hydrogen) atoms. The van der Waals surface area contributed by atoms with E-state index in [0.29, 0.717) is 22.9 Å². The van der Waals surface area contributed by atoms with Gasteiger partial charge in [0, 0.05) is 0 Å². The maximum absolute atomic E-state index is 8.60. The summed E-state index contributed by atoms with van der Waals surface area (Å²) in [6.45, 7) is 2.44. The molecule has 4 heteroatoms. The molecular formula is C10H11ClN2O. The number of hydrogen-bond acceptors (Lipinski definition) is 3. The SMILES string of the molecule is CCOc1ccc(C(N)C#N)cc1Cl. The summed E-state index contributed by atoms with van der Waals surface area (Å²) in [5, 5.41) is 9.08. The zero-order chi connectivity index (χ0) is 10.6. The molecule has 74 valence electrons. The molecule has 0 heterocycles. The van der Waals surface area contributed by atoms with E-state index in [0.717, 1.165) is 0 Å². The highest BCUT2D eigenvalue weighted by Gasteiger charge is 2.07. The van der Waals surface area contributed by atoms with Crippen LogP contribution < -0.4 is 10.5 Å².